The Morgan fingerprint density at radius 1 is 1.17 bits per heavy atom. The van der Waals surface area contributed by atoms with Crippen LogP contribution >= 0.6 is 0 Å². The van der Waals surface area contributed by atoms with Crippen molar-refractivity contribution in [3.63, 3.8) is 0 Å². The fraction of sp³-hybridized carbons (Fsp3) is 0.0769. The maximum atomic E-state index is 5.35. The molecule has 0 fully saturated rings. The SMILES string of the molecule is NNc1cc(Cn2cnc3ccccc32)ccn1. The van der Waals surface area contributed by atoms with E-state index in [-0.39, 0.29) is 0 Å². The van der Waals surface area contributed by atoms with E-state index in [4.69, 9.17) is 5.84 Å². The van der Waals surface area contributed by atoms with Gasteiger partial charge in [-0.2, -0.15) is 0 Å². The molecule has 2 aromatic heterocycles. The number of pyridine rings is 1. The second-order valence-corrected chi connectivity index (χ2v) is 4.05. The monoisotopic (exact) mass is 239 g/mol. The van der Waals surface area contributed by atoms with Gasteiger partial charge in [0.25, 0.3) is 0 Å². The first-order valence-electron chi connectivity index (χ1n) is 5.68. The molecule has 5 nitrogen and oxygen atoms in total. The van der Waals surface area contributed by atoms with Crippen LogP contribution in [0.15, 0.2) is 48.9 Å². The number of hydrazine groups is 1. The molecule has 0 unspecified atom stereocenters. The molecule has 90 valence electrons. The molecule has 18 heavy (non-hydrogen) atoms. The summed E-state index contributed by atoms with van der Waals surface area (Å²) < 4.78 is 2.10. The first kappa shape index (κ1) is 10.7. The van der Waals surface area contributed by atoms with Crippen LogP contribution in [-0.4, -0.2) is 14.5 Å². The van der Waals surface area contributed by atoms with Crippen molar-refractivity contribution in [1.29, 1.82) is 0 Å². The van der Waals surface area contributed by atoms with Gasteiger partial charge in [-0.15, -0.1) is 0 Å². The quantitative estimate of drug-likeness (QED) is 0.540. The Hall–Kier alpha value is -2.40. The highest BCUT2D eigenvalue weighted by molar-refractivity contribution is 5.75. The van der Waals surface area contributed by atoms with E-state index < -0.39 is 0 Å². The predicted molar refractivity (Wildman–Crippen MR) is 70.9 cm³/mol. The number of hydrogen-bond donors (Lipinski definition) is 2. The molecule has 5 heteroatoms. The van der Waals surface area contributed by atoms with Gasteiger partial charge in [0.05, 0.1) is 17.4 Å². The second-order valence-electron chi connectivity index (χ2n) is 4.05. The van der Waals surface area contributed by atoms with Crippen LogP contribution in [0, 0.1) is 0 Å². The van der Waals surface area contributed by atoms with Crippen LogP contribution in [0.1, 0.15) is 5.56 Å². The summed E-state index contributed by atoms with van der Waals surface area (Å²) in [6.45, 7) is 0.748. The van der Waals surface area contributed by atoms with Crippen molar-refractivity contribution in [2.75, 3.05) is 5.43 Å². The lowest BCUT2D eigenvalue weighted by Crippen LogP contribution is -2.09. The lowest BCUT2D eigenvalue weighted by molar-refractivity contribution is 0.823. The fourth-order valence-electron chi connectivity index (χ4n) is 1.98. The summed E-state index contributed by atoms with van der Waals surface area (Å²) in [6, 6.07) is 12.0. The maximum absolute atomic E-state index is 5.35. The van der Waals surface area contributed by atoms with Crippen LogP contribution in [0.3, 0.4) is 0 Å². The van der Waals surface area contributed by atoms with Crippen molar-refractivity contribution in [2.45, 2.75) is 6.54 Å². The fourth-order valence-corrected chi connectivity index (χ4v) is 1.98. The topological polar surface area (TPSA) is 68.8 Å². The summed E-state index contributed by atoms with van der Waals surface area (Å²) in [5.41, 5.74) is 5.80. The van der Waals surface area contributed by atoms with Gasteiger partial charge in [-0.25, -0.2) is 15.8 Å². The van der Waals surface area contributed by atoms with Gasteiger partial charge < -0.3 is 9.99 Å². The van der Waals surface area contributed by atoms with E-state index in [0.717, 1.165) is 23.1 Å². The number of hydrogen-bond acceptors (Lipinski definition) is 4. The smallest absolute Gasteiger partial charge is 0.140 e. The maximum Gasteiger partial charge on any atom is 0.140 e. The molecular formula is C13H13N5. The molecule has 0 aliphatic rings. The molecule has 0 spiro atoms. The van der Waals surface area contributed by atoms with Crippen molar-refractivity contribution >= 4 is 16.9 Å². The normalized spacial score (nSPS) is 10.7. The summed E-state index contributed by atoms with van der Waals surface area (Å²) in [7, 11) is 0. The summed E-state index contributed by atoms with van der Waals surface area (Å²) >= 11 is 0. The van der Waals surface area contributed by atoms with Gasteiger partial charge in [-0.1, -0.05) is 12.1 Å². The highest BCUT2D eigenvalue weighted by Gasteiger charge is 2.02. The molecule has 0 saturated heterocycles. The number of nitrogens with zero attached hydrogens (tertiary/aromatic N) is 3. The zero-order valence-corrected chi connectivity index (χ0v) is 9.74. The Morgan fingerprint density at radius 2 is 2.06 bits per heavy atom. The van der Waals surface area contributed by atoms with E-state index in [1.165, 1.54) is 0 Å². The lowest BCUT2D eigenvalue weighted by Gasteiger charge is -2.06. The van der Waals surface area contributed by atoms with Gasteiger partial charge in [0.1, 0.15) is 5.82 Å². The first-order chi connectivity index (χ1) is 8.86. The first-order valence-corrected chi connectivity index (χ1v) is 5.68. The molecule has 3 N–H and O–H groups in total. The summed E-state index contributed by atoms with van der Waals surface area (Å²) in [5, 5.41) is 0. The van der Waals surface area contributed by atoms with Crippen LogP contribution in [-0.2, 0) is 6.54 Å². The Balaban J connectivity index is 1.96. The number of nitrogens with two attached hydrogens (primary N) is 1. The van der Waals surface area contributed by atoms with Crippen molar-refractivity contribution in [3.05, 3.63) is 54.5 Å². The minimum Gasteiger partial charge on any atom is -0.326 e. The third-order valence-corrected chi connectivity index (χ3v) is 2.85. The van der Waals surface area contributed by atoms with Crippen LogP contribution in [0.5, 0.6) is 0 Å². The molecule has 1 aromatic carbocycles. The molecule has 0 amide bonds. The van der Waals surface area contributed by atoms with Crippen LogP contribution < -0.4 is 11.3 Å². The van der Waals surface area contributed by atoms with Crippen LogP contribution in [0.2, 0.25) is 0 Å². The molecule has 0 aliphatic heterocycles. The van der Waals surface area contributed by atoms with Gasteiger partial charge in [-0.05, 0) is 29.8 Å². The average molecular weight is 239 g/mol. The number of imidazole rings is 1. The van der Waals surface area contributed by atoms with E-state index in [1.54, 1.807) is 6.20 Å². The number of benzene rings is 1. The van der Waals surface area contributed by atoms with E-state index >= 15 is 0 Å². The van der Waals surface area contributed by atoms with Gasteiger partial charge in [0.15, 0.2) is 0 Å². The van der Waals surface area contributed by atoms with E-state index in [9.17, 15) is 0 Å². The third kappa shape index (κ3) is 1.91. The molecule has 0 radical (unpaired) electrons. The molecule has 3 aromatic rings. The van der Waals surface area contributed by atoms with Crippen LogP contribution in [0.25, 0.3) is 11.0 Å². The largest absolute Gasteiger partial charge is 0.326 e. The minimum absolute atomic E-state index is 0.664. The standard InChI is InChI=1S/C13H13N5/c14-17-13-7-10(5-6-15-13)8-18-9-16-11-3-1-2-4-12(11)18/h1-7,9H,8,14H2,(H,15,17). The third-order valence-electron chi connectivity index (χ3n) is 2.85. The molecule has 2 heterocycles. The number of nitrogen functional groups attached to an aromatic ring is 1. The highest BCUT2D eigenvalue weighted by atomic mass is 15.2. The number of aromatic nitrogens is 3. The second kappa shape index (κ2) is 4.46. The molecule has 3 rings (SSSR count). The van der Waals surface area contributed by atoms with Gasteiger partial charge in [0, 0.05) is 12.7 Å². The molecule has 0 saturated carbocycles. The van der Waals surface area contributed by atoms with Crippen LogP contribution in [0.4, 0.5) is 5.82 Å². The lowest BCUT2D eigenvalue weighted by atomic mass is 10.2. The number of fused-ring (bicyclic) bond motifs is 1. The Kier molecular flexibility index (Phi) is 2.66. The number of para-hydroxylation sites is 2. The predicted octanol–water partition coefficient (Wildman–Crippen LogP) is 1.77. The van der Waals surface area contributed by atoms with E-state index in [1.807, 2.05) is 36.7 Å². The van der Waals surface area contributed by atoms with Gasteiger partial charge >= 0.3 is 0 Å². The zero-order valence-electron chi connectivity index (χ0n) is 9.74. The minimum atomic E-state index is 0.664. The van der Waals surface area contributed by atoms with E-state index in [0.29, 0.717) is 5.82 Å². The zero-order chi connectivity index (χ0) is 12.4. The Bertz CT molecular complexity index is 674. The van der Waals surface area contributed by atoms with Crippen molar-refractivity contribution in [2.24, 2.45) is 5.84 Å². The van der Waals surface area contributed by atoms with Crippen molar-refractivity contribution in [1.82, 2.24) is 14.5 Å². The number of rotatable bonds is 3. The highest BCUT2D eigenvalue weighted by Crippen LogP contribution is 2.14. The van der Waals surface area contributed by atoms with Crippen molar-refractivity contribution < 1.29 is 0 Å². The Labute approximate surface area is 104 Å². The van der Waals surface area contributed by atoms with E-state index in [2.05, 4.69) is 26.0 Å². The van der Waals surface area contributed by atoms with Gasteiger partial charge in [-0.3, -0.25) is 0 Å². The number of nitrogens with one attached hydrogen (secondary N) is 1. The number of anilines is 1. The van der Waals surface area contributed by atoms with Gasteiger partial charge in [0.2, 0.25) is 0 Å². The summed E-state index contributed by atoms with van der Waals surface area (Å²) in [6.07, 6.45) is 3.59. The molecule has 0 aliphatic carbocycles. The molecular weight excluding hydrogens is 226 g/mol. The molecule has 0 atom stereocenters. The molecule has 0 bridgehead atoms. The summed E-state index contributed by atoms with van der Waals surface area (Å²) in [4.78, 5) is 8.45. The summed E-state index contributed by atoms with van der Waals surface area (Å²) in [5.74, 6) is 6.01. The Morgan fingerprint density at radius 3 is 2.94 bits per heavy atom. The average Bonchev–Trinajstić information content (AvgIpc) is 2.83. The van der Waals surface area contributed by atoms with Crippen molar-refractivity contribution in [3.8, 4) is 0 Å².